The van der Waals surface area contributed by atoms with Gasteiger partial charge in [-0.15, -0.1) is 0 Å². The Kier molecular flexibility index (Phi) is 3.01. The SMILES string of the molecule is CC1CS(=O)(=O)CCN1c1nc2ccccn2c1C=O. The molecule has 2 aromatic rings. The van der Waals surface area contributed by atoms with Crippen LogP contribution in [0.4, 0.5) is 5.82 Å². The molecule has 1 saturated heterocycles. The van der Waals surface area contributed by atoms with Gasteiger partial charge in [-0.05, 0) is 19.1 Å². The minimum atomic E-state index is -2.99. The predicted octanol–water partition coefficient (Wildman–Crippen LogP) is 0.770. The molecule has 1 unspecified atom stereocenters. The van der Waals surface area contributed by atoms with Gasteiger partial charge in [0.05, 0.1) is 11.5 Å². The van der Waals surface area contributed by atoms with E-state index in [-0.39, 0.29) is 17.5 Å². The lowest BCUT2D eigenvalue weighted by molar-refractivity contribution is 0.111. The number of pyridine rings is 1. The number of carbonyl (C=O) groups excluding carboxylic acids is 1. The van der Waals surface area contributed by atoms with Crippen LogP contribution in [0, 0.1) is 0 Å². The number of carbonyl (C=O) groups is 1. The van der Waals surface area contributed by atoms with Gasteiger partial charge in [0.2, 0.25) is 0 Å². The summed E-state index contributed by atoms with van der Waals surface area (Å²) in [6, 6.07) is 5.32. The Hall–Kier alpha value is -1.89. The van der Waals surface area contributed by atoms with E-state index < -0.39 is 9.84 Å². The Morgan fingerprint density at radius 3 is 2.90 bits per heavy atom. The summed E-state index contributed by atoms with van der Waals surface area (Å²) in [5.41, 5.74) is 1.15. The highest BCUT2D eigenvalue weighted by Gasteiger charge is 2.31. The largest absolute Gasteiger partial charge is 0.350 e. The first-order valence-corrected chi connectivity index (χ1v) is 8.23. The van der Waals surface area contributed by atoms with Crippen LogP contribution in [0.5, 0.6) is 0 Å². The van der Waals surface area contributed by atoms with Crippen LogP contribution in [-0.2, 0) is 9.84 Å². The number of hydrogen-bond acceptors (Lipinski definition) is 5. The van der Waals surface area contributed by atoms with Gasteiger partial charge in [0.25, 0.3) is 0 Å². The second-order valence-corrected chi connectivity index (χ2v) is 7.25. The highest BCUT2D eigenvalue weighted by Crippen LogP contribution is 2.25. The van der Waals surface area contributed by atoms with Crippen LogP contribution in [0.3, 0.4) is 0 Å². The zero-order valence-electron chi connectivity index (χ0n) is 11.1. The molecule has 1 fully saturated rings. The molecule has 0 spiro atoms. The molecule has 1 aliphatic rings. The fourth-order valence-electron chi connectivity index (χ4n) is 2.64. The zero-order chi connectivity index (χ0) is 14.3. The fraction of sp³-hybridized carbons (Fsp3) is 0.385. The van der Waals surface area contributed by atoms with Gasteiger partial charge in [0.1, 0.15) is 11.3 Å². The number of hydrogen-bond donors (Lipinski definition) is 0. The van der Waals surface area contributed by atoms with Crippen molar-refractivity contribution in [1.29, 1.82) is 0 Å². The highest BCUT2D eigenvalue weighted by molar-refractivity contribution is 7.91. The molecule has 2 aromatic heterocycles. The molecule has 0 bridgehead atoms. The van der Waals surface area contributed by atoms with E-state index in [1.807, 2.05) is 30.0 Å². The summed E-state index contributed by atoms with van der Waals surface area (Å²) in [6.45, 7) is 2.21. The third-order valence-electron chi connectivity index (χ3n) is 3.60. The molecule has 0 amide bonds. The Labute approximate surface area is 116 Å². The van der Waals surface area contributed by atoms with Crippen LogP contribution in [0.15, 0.2) is 24.4 Å². The summed E-state index contributed by atoms with van der Waals surface area (Å²) in [4.78, 5) is 17.7. The molecule has 106 valence electrons. The molecule has 3 rings (SSSR count). The second-order valence-electron chi connectivity index (χ2n) is 5.02. The van der Waals surface area contributed by atoms with E-state index in [1.54, 1.807) is 10.6 Å². The third kappa shape index (κ3) is 2.07. The Morgan fingerprint density at radius 1 is 1.40 bits per heavy atom. The Morgan fingerprint density at radius 2 is 2.20 bits per heavy atom. The standard InChI is InChI=1S/C13H15N3O3S/c1-10-9-20(18,19)7-6-15(10)13-11(8-17)16-5-3-2-4-12(16)14-13/h2-5,8,10H,6-7,9H2,1H3. The highest BCUT2D eigenvalue weighted by atomic mass is 32.2. The second kappa shape index (κ2) is 4.59. The average Bonchev–Trinajstić information content (AvgIpc) is 2.75. The molecule has 0 aromatic carbocycles. The van der Waals surface area contributed by atoms with E-state index in [9.17, 15) is 13.2 Å². The number of sulfone groups is 1. The maximum atomic E-state index is 11.6. The van der Waals surface area contributed by atoms with Crippen molar-refractivity contribution >= 4 is 27.6 Å². The van der Waals surface area contributed by atoms with Gasteiger partial charge in [0.15, 0.2) is 21.9 Å². The van der Waals surface area contributed by atoms with Gasteiger partial charge in [-0.3, -0.25) is 9.20 Å². The molecule has 0 saturated carbocycles. The summed E-state index contributed by atoms with van der Waals surface area (Å²) >= 11 is 0. The monoisotopic (exact) mass is 293 g/mol. The number of imidazole rings is 1. The number of rotatable bonds is 2. The van der Waals surface area contributed by atoms with Crippen LogP contribution >= 0.6 is 0 Å². The minimum Gasteiger partial charge on any atom is -0.350 e. The number of aromatic nitrogens is 2. The predicted molar refractivity (Wildman–Crippen MR) is 76.0 cm³/mol. The molecule has 1 aliphatic heterocycles. The van der Waals surface area contributed by atoms with Crippen molar-refractivity contribution in [2.75, 3.05) is 23.0 Å². The maximum absolute atomic E-state index is 11.6. The van der Waals surface area contributed by atoms with Crippen molar-refractivity contribution in [2.24, 2.45) is 0 Å². The van der Waals surface area contributed by atoms with Gasteiger partial charge in [0, 0.05) is 18.8 Å². The van der Waals surface area contributed by atoms with Gasteiger partial charge >= 0.3 is 0 Å². The van der Waals surface area contributed by atoms with E-state index in [1.165, 1.54) is 0 Å². The summed E-state index contributed by atoms with van der Waals surface area (Å²) in [6.07, 6.45) is 2.55. The number of fused-ring (bicyclic) bond motifs is 1. The fourth-order valence-corrected chi connectivity index (χ4v) is 4.19. The lowest BCUT2D eigenvalue weighted by Gasteiger charge is -2.33. The molecule has 20 heavy (non-hydrogen) atoms. The van der Waals surface area contributed by atoms with Crippen LogP contribution in [-0.4, -0.2) is 48.2 Å². The number of nitrogens with zero attached hydrogens (tertiary/aromatic N) is 3. The minimum absolute atomic E-state index is 0.0964. The van der Waals surface area contributed by atoms with Crippen molar-refractivity contribution in [3.8, 4) is 0 Å². The molecule has 0 aliphatic carbocycles. The molecular formula is C13H15N3O3S. The quantitative estimate of drug-likeness (QED) is 0.765. The van der Waals surface area contributed by atoms with Crippen molar-refractivity contribution in [3.63, 3.8) is 0 Å². The molecule has 1 atom stereocenters. The molecular weight excluding hydrogens is 278 g/mol. The summed E-state index contributed by atoms with van der Waals surface area (Å²) in [7, 11) is -2.99. The molecule has 3 heterocycles. The van der Waals surface area contributed by atoms with Crippen LogP contribution in [0.2, 0.25) is 0 Å². The van der Waals surface area contributed by atoms with E-state index in [2.05, 4.69) is 4.98 Å². The first-order chi connectivity index (χ1) is 9.52. The summed E-state index contributed by atoms with van der Waals surface area (Å²) in [5.74, 6) is 0.761. The van der Waals surface area contributed by atoms with E-state index in [0.717, 1.165) is 6.29 Å². The molecule has 7 heteroatoms. The molecule has 6 nitrogen and oxygen atoms in total. The topological polar surface area (TPSA) is 71.8 Å². The van der Waals surface area contributed by atoms with Crippen molar-refractivity contribution in [2.45, 2.75) is 13.0 Å². The number of aldehydes is 1. The van der Waals surface area contributed by atoms with Crippen molar-refractivity contribution in [3.05, 3.63) is 30.1 Å². The third-order valence-corrected chi connectivity index (χ3v) is 5.40. The van der Waals surface area contributed by atoms with E-state index >= 15 is 0 Å². The van der Waals surface area contributed by atoms with Gasteiger partial charge in [-0.2, -0.15) is 0 Å². The van der Waals surface area contributed by atoms with Crippen LogP contribution in [0.1, 0.15) is 17.4 Å². The van der Waals surface area contributed by atoms with Crippen LogP contribution in [0.25, 0.3) is 5.65 Å². The summed E-state index contributed by atoms with van der Waals surface area (Å²) < 4.78 is 25.0. The lowest BCUT2D eigenvalue weighted by Crippen LogP contribution is -2.47. The van der Waals surface area contributed by atoms with Gasteiger partial charge in [-0.25, -0.2) is 13.4 Å². The Balaban J connectivity index is 2.08. The van der Waals surface area contributed by atoms with Gasteiger partial charge in [-0.1, -0.05) is 6.07 Å². The Bertz CT molecular complexity index is 766. The van der Waals surface area contributed by atoms with Crippen molar-refractivity contribution < 1.29 is 13.2 Å². The van der Waals surface area contributed by atoms with Gasteiger partial charge < -0.3 is 4.90 Å². The maximum Gasteiger partial charge on any atom is 0.170 e. The zero-order valence-corrected chi connectivity index (χ0v) is 11.9. The first kappa shape index (κ1) is 13.1. The van der Waals surface area contributed by atoms with Crippen molar-refractivity contribution in [1.82, 2.24) is 9.38 Å². The average molecular weight is 293 g/mol. The van der Waals surface area contributed by atoms with Crippen LogP contribution < -0.4 is 4.90 Å². The summed E-state index contributed by atoms with van der Waals surface area (Å²) in [5, 5.41) is 0. The van der Waals surface area contributed by atoms with E-state index in [0.29, 0.717) is 23.7 Å². The van der Waals surface area contributed by atoms with E-state index in [4.69, 9.17) is 0 Å². The lowest BCUT2D eigenvalue weighted by atomic mass is 10.3. The molecule has 0 radical (unpaired) electrons. The first-order valence-electron chi connectivity index (χ1n) is 6.41. The normalized spacial score (nSPS) is 22.1. The molecule has 0 N–H and O–H groups in total. The number of anilines is 1. The smallest absolute Gasteiger partial charge is 0.170 e.